The van der Waals surface area contributed by atoms with Gasteiger partial charge >= 0.3 is 0 Å². The van der Waals surface area contributed by atoms with Crippen LogP contribution in [0, 0.1) is 6.92 Å². The molecular weight excluding hydrogens is 530 g/mol. The van der Waals surface area contributed by atoms with E-state index in [1.807, 2.05) is 0 Å². The van der Waals surface area contributed by atoms with Crippen molar-refractivity contribution in [2.24, 2.45) is 0 Å². The molecule has 0 bridgehead atoms. The molecule has 0 unspecified atom stereocenters. The second kappa shape index (κ2) is 9.56. The van der Waals surface area contributed by atoms with Crippen LogP contribution in [0.15, 0.2) is 133 Å². The average Bonchev–Trinajstić information content (AvgIpc) is 3.41. The van der Waals surface area contributed by atoms with Gasteiger partial charge < -0.3 is 4.90 Å². The maximum absolute atomic E-state index is 2.50. The molecule has 0 radical (unpaired) electrons. The summed E-state index contributed by atoms with van der Waals surface area (Å²) in [4.78, 5) is 2.40. The van der Waals surface area contributed by atoms with E-state index in [2.05, 4.69) is 173 Å². The van der Waals surface area contributed by atoms with E-state index in [0.29, 0.717) is 0 Å². The van der Waals surface area contributed by atoms with Gasteiger partial charge in [-0.25, -0.2) is 0 Å². The van der Waals surface area contributed by atoms with Crippen molar-refractivity contribution in [3.05, 3.63) is 161 Å². The Morgan fingerprint density at radius 2 is 0.864 bits per heavy atom. The van der Waals surface area contributed by atoms with Crippen molar-refractivity contribution in [3.63, 3.8) is 0 Å². The number of hydrogen-bond donors (Lipinski definition) is 0. The maximum Gasteiger partial charge on any atom is 0.0465 e. The highest BCUT2D eigenvalue weighted by molar-refractivity contribution is 5.91. The lowest BCUT2D eigenvalue weighted by molar-refractivity contribution is 0.652. The van der Waals surface area contributed by atoms with E-state index in [4.69, 9.17) is 0 Å². The van der Waals surface area contributed by atoms with Crippen molar-refractivity contribution in [1.29, 1.82) is 0 Å². The highest BCUT2D eigenvalue weighted by Crippen LogP contribution is 2.56. The van der Waals surface area contributed by atoms with Crippen LogP contribution in [0.1, 0.15) is 55.5 Å². The zero-order chi connectivity index (χ0) is 30.2. The fourth-order valence-corrected chi connectivity index (χ4v) is 7.63. The normalized spacial score (nSPS) is 14.8. The first-order valence-corrected chi connectivity index (χ1v) is 15.7. The standard InChI is InChI=1S/C43H37N/c1-28-15-19-31(20-16-28)44(32-21-17-30(18-22-32)29-11-7-6-8-12-29)33-23-24-35-37-27-40-36(26-41(37)43(4,5)39(35)25-33)34-13-9-10-14-38(34)42(40,2)3/h6-27H,1-5H3. The molecule has 0 amide bonds. The Bertz CT molecular complexity index is 2040. The molecule has 0 fully saturated rings. The molecule has 214 valence electrons. The van der Waals surface area contributed by atoms with Gasteiger partial charge in [-0.2, -0.15) is 0 Å². The minimum atomic E-state index is -0.118. The average molecular weight is 568 g/mol. The summed E-state index contributed by atoms with van der Waals surface area (Å²) in [6, 6.07) is 49.5. The lowest BCUT2D eigenvalue weighted by Crippen LogP contribution is -2.17. The van der Waals surface area contributed by atoms with Crippen LogP contribution in [-0.4, -0.2) is 0 Å². The van der Waals surface area contributed by atoms with Gasteiger partial charge in [0.25, 0.3) is 0 Å². The summed E-state index contributed by atoms with van der Waals surface area (Å²) in [7, 11) is 0. The van der Waals surface area contributed by atoms with Crippen LogP contribution < -0.4 is 4.90 Å². The fraction of sp³-hybridized carbons (Fsp3) is 0.163. The summed E-state index contributed by atoms with van der Waals surface area (Å²) in [5.74, 6) is 0. The summed E-state index contributed by atoms with van der Waals surface area (Å²) in [5, 5.41) is 0. The third kappa shape index (κ3) is 3.92. The molecule has 0 aromatic heterocycles. The third-order valence-electron chi connectivity index (χ3n) is 10.1. The van der Waals surface area contributed by atoms with Gasteiger partial charge in [-0.3, -0.25) is 0 Å². The lowest BCUT2D eigenvalue weighted by atomic mass is 9.79. The van der Waals surface area contributed by atoms with Crippen molar-refractivity contribution >= 4 is 17.1 Å². The molecule has 0 saturated carbocycles. The lowest BCUT2D eigenvalue weighted by Gasteiger charge is -2.28. The number of hydrogen-bond acceptors (Lipinski definition) is 1. The van der Waals surface area contributed by atoms with E-state index in [0.717, 1.165) is 11.4 Å². The third-order valence-corrected chi connectivity index (χ3v) is 10.1. The van der Waals surface area contributed by atoms with Gasteiger partial charge in [0.2, 0.25) is 0 Å². The summed E-state index contributed by atoms with van der Waals surface area (Å²) < 4.78 is 0. The van der Waals surface area contributed by atoms with Gasteiger partial charge in [0.05, 0.1) is 0 Å². The highest BCUT2D eigenvalue weighted by Gasteiger charge is 2.41. The van der Waals surface area contributed by atoms with Crippen molar-refractivity contribution in [3.8, 4) is 33.4 Å². The predicted octanol–water partition coefficient (Wildman–Crippen LogP) is 11.7. The van der Waals surface area contributed by atoms with E-state index in [1.165, 1.54) is 66.9 Å². The largest absolute Gasteiger partial charge is 0.310 e. The Labute approximate surface area is 261 Å². The van der Waals surface area contributed by atoms with Gasteiger partial charge in [0.15, 0.2) is 0 Å². The smallest absolute Gasteiger partial charge is 0.0465 e. The Morgan fingerprint density at radius 1 is 0.386 bits per heavy atom. The molecule has 0 heterocycles. The van der Waals surface area contributed by atoms with Crippen LogP contribution in [0.25, 0.3) is 33.4 Å². The fourth-order valence-electron chi connectivity index (χ4n) is 7.63. The number of anilines is 3. The van der Waals surface area contributed by atoms with Crippen molar-refractivity contribution in [2.75, 3.05) is 4.90 Å². The van der Waals surface area contributed by atoms with Gasteiger partial charge in [-0.1, -0.05) is 118 Å². The first-order valence-electron chi connectivity index (χ1n) is 15.7. The van der Waals surface area contributed by atoms with Crippen molar-refractivity contribution in [1.82, 2.24) is 0 Å². The van der Waals surface area contributed by atoms with E-state index < -0.39 is 0 Å². The summed E-state index contributed by atoms with van der Waals surface area (Å²) in [6.07, 6.45) is 0. The second-order valence-electron chi connectivity index (χ2n) is 13.6. The number of fused-ring (bicyclic) bond motifs is 6. The molecule has 44 heavy (non-hydrogen) atoms. The molecule has 0 aliphatic heterocycles. The van der Waals surface area contributed by atoms with Gasteiger partial charge in [-0.15, -0.1) is 0 Å². The van der Waals surface area contributed by atoms with E-state index in [1.54, 1.807) is 0 Å². The molecule has 0 saturated heterocycles. The number of aryl methyl sites for hydroxylation is 1. The second-order valence-corrected chi connectivity index (χ2v) is 13.6. The summed E-state index contributed by atoms with van der Waals surface area (Å²) in [5.41, 5.74) is 18.3. The molecule has 1 nitrogen and oxygen atoms in total. The predicted molar refractivity (Wildman–Crippen MR) is 186 cm³/mol. The number of nitrogens with zero attached hydrogens (tertiary/aromatic N) is 1. The van der Waals surface area contributed by atoms with E-state index in [-0.39, 0.29) is 10.8 Å². The summed E-state index contributed by atoms with van der Waals surface area (Å²) >= 11 is 0. The highest BCUT2D eigenvalue weighted by atomic mass is 15.1. The topological polar surface area (TPSA) is 3.24 Å². The molecular formula is C43H37N. The zero-order valence-electron chi connectivity index (χ0n) is 26.1. The van der Waals surface area contributed by atoms with E-state index >= 15 is 0 Å². The van der Waals surface area contributed by atoms with Gasteiger partial charge in [0, 0.05) is 27.9 Å². The molecule has 6 aromatic rings. The Balaban J connectivity index is 1.25. The quantitative estimate of drug-likeness (QED) is 0.205. The van der Waals surface area contributed by atoms with Crippen LogP contribution in [-0.2, 0) is 10.8 Å². The van der Waals surface area contributed by atoms with Crippen molar-refractivity contribution in [2.45, 2.75) is 45.4 Å². The number of benzene rings is 6. The first-order chi connectivity index (χ1) is 21.2. The minimum Gasteiger partial charge on any atom is -0.310 e. The van der Waals surface area contributed by atoms with Crippen LogP contribution in [0.3, 0.4) is 0 Å². The van der Waals surface area contributed by atoms with Gasteiger partial charge in [-0.05, 0) is 111 Å². The maximum atomic E-state index is 2.50. The van der Waals surface area contributed by atoms with Crippen LogP contribution in [0.5, 0.6) is 0 Å². The first kappa shape index (κ1) is 26.7. The van der Waals surface area contributed by atoms with Crippen molar-refractivity contribution < 1.29 is 0 Å². The van der Waals surface area contributed by atoms with Crippen LogP contribution >= 0.6 is 0 Å². The molecule has 8 rings (SSSR count). The molecule has 1 heteroatoms. The Kier molecular flexibility index (Phi) is 5.81. The molecule has 0 atom stereocenters. The van der Waals surface area contributed by atoms with Crippen LogP contribution in [0.4, 0.5) is 17.1 Å². The Morgan fingerprint density at radius 3 is 1.52 bits per heavy atom. The molecule has 2 aliphatic rings. The zero-order valence-corrected chi connectivity index (χ0v) is 26.1. The molecule has 2 aliphatic carbocycles. The van der Waals surface area contributed by atoms with Crippen LogP contribution in [0.2, 0.25) is 0 Å². The van der Waals surface area contributed by atoms with E-state index in [9.17, 15) is 0 Å². The monoisotopic (exact) mass is 567 g/mol. The molecule has 6 aromatic carbocycles. The van der Waals surface area contributed by atoms with Gasteiger partial charge in [0.1, 0.15) is 0 Å². The Hall–Kier alpha value is -4.88. The SMILES string of the molecule is Cc1ccc(N(c2ccc(-c3ccccc3)cc2)c2ccc3c(c2)C(C)(C)c2cc4c(cc2-3)C(C)(C)c2ccccc2-4)cc1. The molecule has 0 spiro atoms. The summed E-state index contributed by atoms with van der Waals surface area (Å²) in [6.45, 7) is 11.7. The minimum absolute atomic E-state index is 0.0120. The number of rotatable bonds is 4. The molecule has 0 N–H and O–H groups in total.